The molecule has 5 aromatic rings. The van der Waals surface area contributed by atoms with Crippen molar-refractivity contribution in [2.75, 3.05) is 7.11 Å². The molecule has 1 saturated carbocycles. The zero-order valence-electron chi connectivity index (χ0n) is 22.9. The predicted octanol–water partition coefficient (Wildman–Crippen LogP) is 5.95. The zero-order chi connectivity index (χ0) is 28.7. The van der Waals surface area contributed by atoms with Crippen LogP contribution in [0.5, 0.6) is 5.75 Å². The Kier molecular flexibility index (Phi) is 7.06. The van der Waals surface area contributed by atoms with Crippen LogP contribution in [0.15, 0.2) is 51.9 Å². The van der Waals surface area contributed by atoms with Crippen LogP contribution in [0.4, 0.5) is 4.39 Å². The van der Waals surface area contributed by atoms with Crippen LogP contribution in [0, 0.1) is 11.8 Å². The Morgan fingerprint density at radius 1 is 1.17 bits per heavy atom. The second-order valence-electron chi connectivity index (χ2n) is 10.8. The maximum atomic E-state index is 17.2. The van der Waals surface area contributed by atoms with Gasteiger partial charge in [0.15, 0.2) is 17.1 Å². The Hall–Kier alpha value is -4.12. The first kappa shape index (κ1) is 27.1. The number of imidazole rings is 1. The van der Waals surface area contributed by atoms with Crippen LogP contribution < -0.4 is 10.5 Å². The highest BCUT2D eigenvalue weighted by atomic mass is 35.5. The molecule has 1 aliphatic carbocycles. The lowest BCUT2D eigenvalue weighted by atomic mass is 9.83. The monoisotopic (exact) mass is 577 g/mol. The average Bonchev–Trinajstić information content (AvgIpc) is 3.57. The van der Waals surface area contributed by atoms with E-state index in [9.17, 15) is 4.79 Å². The third kappa shape index (κ3) is 5.10. The molecule has 1 atom stereocenters. The molecule has 0 amide bonds. The molecule has 212 valence electrons. The van der Waals surface area contributed by atoms with E-state index in [1.54, 1.807) is 36.5 Å². The maximum absolute atomic E-state index is 17.2. The third-order valence-electron chi connectivity index (χ3n) is 7.82. The van der Waals surface area contributed by atoms with Gasteiger partial charge in [-0.2, -0.15) is 0 Å². The van der Waals surface area contributed by atoms with Gasteiger partial charge in [0.05, 0.1) is 12.1 Å². The van der Waals surface area contributed by atoms with Crippen molar-refractivity contribution in [3.05, 3.63) is 69.7 Å². The summed E-state index contributed by atoms with van der Waals surface area (Å²) >= 11 is 6.33. The number of methoxy groups -OCH3 is 1. The lowest BCUT2D eigenvalue weighted by molar-refractivity contribution is 0.209. The van der Waals surface area contributed by atoms with Crippen molar-refractivity contribution in [1.29, 1.82) is 0 Å². The SMILES string of the molecule is COc1ccccc1C(C)(F)c1nc2nc(-c3n[nH]c(=O)o3)nc(-c3cncc(Cl)c3)c2n1CC1CCC(C)CC1. The molecule has 0 spiro atoms. The number of fused-ring (bicyclic) bond motifs is 1. The molecule has 1 N–H and O–H groups in total. The molecule has 1 unspecified atom stereocenters. The van der Waals surface area contributed by atoms with Gasteiger partial charge in [-0.15, -0.1) is 5.10 Å². The van der Waals surface area contributed by atoms with Crippen molar-refractivity contribution in [2.45, 2.75) is 51.7 Å². The molecule has 1 aliphatic rings. The number of ether oxygens (including phenoxy) is 1. The molecular weight excluding hydrogens is 549 g/mol. The van der Waals surface area contributed by atoms with Crippen LogP contribution in [0.2, 0.25) is 5.02 Å². The Morgan fingerprint density at radius 2 is 1.95 bits per heavy atom. The Bertz CT molecular complexity index is 1770. The summed E-state index contributed by atoms with van der Waals surface area (Å²) in [7, 11) is 1.51. The normalized spacial score (nSPS) is 18.9. The number of halogens is 2. The quantitative estimate of drug-likeness (QED) is 0.251. The van der Waals surface area contributed by atoms with E-state index in [1.807, 2.05) is 4.57 Å². The van der Waals surface area contributed by atoms with Crippen molar-refractivity contribution >= 4 is 22.8 Å². The lowest BCUT2D eigenvalue weighted by Crippen LogP contribution is -2.26. The van der Waals surface area contributed by atoms with Gasteiger partial charge in [-0.1, -0.05) is 49.6 Å². The first-order valence-corrected chi connectivity index (χ1v) is 13.9. The largest absolute Gasteiger partial charge is 0.496 e. The topological polar surface area (TPSA) is 125 Å². The van der Waals surface area contributed by atoms with Gasteiger partial charge < -0.3 is 13.7 Å². The number of nitrogens with zero attached hydrogens (tertiary/aromatic N) is 6. The number of nitrogens with one attached hydrogen (secondary N) is 1. The standard InChI is InChI=1S/C29H29ClFN7O3/c1-16-8-10-17(11-9-16)15-38-23-22(18-12-19(30)14-32-13-18)33-25(26-36-37-28(39)41-26)34-24(23)35-27(38)29(2,31)20-6-4-5-7-21(20)40-3/h4-7,12-14,16-17H,8-11,15H2,1-3H3,(H,37,39). The third-order valence-corrected chi connectivity index (χ3v) is 8.03. The minimum atomic E-state index is -2.06. The van der Waals surface area contributed by atoms with Crippen LogP contribution in [0.1, 0.15) is 50.9 Å². The number of para-hydroxylation sites is 1. The summed E-state index contributed by atoms with van der Waals surface area (Å²) in [5, 5.41) is 6.53. The fraction of sp³-hybridized carbons (Fsp3) is 0.379. The number of benzene rings is 1. The van der Waals surface area contributed by atoms with Gasteiger partial charge in [-0.3, -0.25) is 4.98 Å². The van der Waals surface area contributed by atoms with Crippen molar-refractivity contribution in [2.24, 2.45) is 11.8 Å². The molecule has 0 radical (unpaired) electrons. The average molecular weight is 578 g/mol. The smallest absolute Gasteiger partial charge is 0.434 e. The number of H-pyrrole nitrogens is 1. The van der Waals surface area contributed by atoms with Crippen LogP contribution in [-0.4, -0.2) is 41.8 Å². The van der Waals surface area contributed by atoms with E-state index < -0.39 is 11.4 Å². The number of rotatable bonds is 7. The minimum absolute atomic E-state index is 0.0198. The zero-order valence-corrected chi connectivity index (χ0v) is 23.7. The second-order valence-corrected chi connectivity index (χ2v) is 11.2. The summed E-state index contributed by atoms with van der Waals surface area (Å²) in [6.45, 7) is 4.27. The number of hydrogen-bond acceptors (Lipinski definition) is 8. The molecular formula is C29H29ClFN7O3. The van der Waals surface area contributed by atoms with Gasteiger partial charge in [-0.25, -0.2) is 29.2 Å². The van der Waals surface area contributed by atoms with Gasteiger partial charge in [0.1, 0.15) is 17.0 Å². The number of pyridine rings is 1. The van der Waals surface area contributed by atoms with Crippen LogP contribution in [0.3, 0.4) is 0 Å². The summed E-state index contributed by atoms with van der Waals surface area (Å²) in [5.74, 6) is 0.705. The Morgan fingerprint density at radius 3 is 2.66 bits per heavy atom. The van der Waals surface area contributed by atoms with Crippen molar-refractivity contribution in [3.63, 3.8) is 0 Å². The highest BCUT2D eigenvalue weighted by Gasteiger charge is 2.39. The van der Waals surface area contributed by atoms with E-state index in [0.717, 1.165) is 25.7 Å². The van der Waals surface area contributed by atoms with Crippen LogP contribution in [0.25, 0.3) is 34.1 Å². The molecule has 0 aliphatic heterocycles. The molecule has 10 nitrogen and oxygen atoms in total. The highest BCUT2D eigenvalue weighted by molar-refractivity contribution is 6.30. The highest BCUT2D eigenvalue weighted by Crippen LogP contribution is 2.42. The lowest BCUT2D eigenvalue weighted by Gasteiger charge is -2.29. The van der Waals surface area contributed by atoms with Crippen molar-refractivity contribution in [3.8, 4) is 28.7 Å². The first-order chi connectivity index (χ1) is 19.7. The van der Waals surface area contributed by atoms with Crippen LogP contribution in [-0.2, 0) is 12.2 Å². The van der Waals surface area contributed by atoms with Gasteiger partial charge in [0.2, 0.25) is 5.82 Å². The maximum Gasteiger partial charge on any atom is 0.434 e. The molecule has 12 heteroatoms. The molecule has 6 rings (SSSR count). The Labute approximate surface area is 240 Å². The molecule has 1 aromatic carbocycles. The molecule has 0 saturated heterocycles. The fourth-order valence-corrected chi connectivity index (χ4v) is 5.83. The van der Waals surface area contributed by atoms with Gasteiger partial charge in [0, 0.05) is 30.1 Å². The molecule has 41 heavy (non-hydrogen) atoms. The number of hydrogen-bond donors (Lipinski definition) is 1. The van der Waals surface area contributed by atoms with Gasteiger partial charge in [0.25, 0.3) is 5.89 Å². The molecule has 1 fully saturated rings. The predicted molar refractivity (Wildman–Crippen MR) is 151 cm³/mol. The number of alkyl halides is 1. The molecule has 4 heterocycles. The summed E-state index contributed by atoms with van der Waals surface area (Å²) in [6, 6.07) is 8.70. The van der Waals surface area contributed by atoms with E-state index in [2.05, 4.69) is 27.1 Å². The molecule has 4 aromatic heterocycles. The van der Waals surface area contributed by atoms with E-state index in [0.29, 0.717) is 51.5 Å². The minimum Gasteiger partial charge on any atom is -0.496 e. The van der Waals surface area contributed by atoms with Gasteiger partial charge in [-0.05, 0) is 43.7 Å². The van der Waals surface area contributed by atoms with Crippen LogP contribution >= 0.6 is 11.6 Å². The van der Waals surface area contributed by atoms with Gasteiger partial charge >= 0.3 is 5.76 Å². The second kappa shape index (κ2) is 10.7. The van der Waals surface area contributed by atoms with E-state index in [4.69, 9.17) is 30.7 Å². The summed E-state index contributed by atoms with van der Waals surface area (Å²) in [4.78, 5) is 30.1. The summed E-state index contributed by atoms with van der Waals surface area (Å²) in [5.41, 5.74) is 0.0414. The summed E-state index contributed by atoms with van der Waals surface area (Å²) in [6.07, 6.45) is 7.38. The van der Waals surface area contributed by atoms with E-state index >= 15 is 4.39 Å². The Balaban J connectivity index is 1.64. The molecule has 0 bridgehead atoms. The number of aromatic nitrogens is 7. The number of aromatic amines is 1. The van der Waals surface area contributed by atoms with Crippen molar-refractivity contribution < 1.29 is 13.5 Å². The fourth-order valence-electron chi connectivity index (χ4n) is 5.66. The van der Waals surface area contributed by atoms with E-state index in [1.165, 1.54) is 20.2 Å². The summed E-state index contributed by atoms with van der Waals surface area (Å²) < 4.78 is 29.8. The van der Waals surface area contributed by atoms with E-state index in [-0.39, 0.29) is 23.2 Å². The van der Waals surface area contributed by atoms with Crippen molar-refractivity contribution in [1.82, 2.24) is 34.7 Å². The first-order valence-electron chi connectivity index (χ1n) is 13.5.